The standard InChI is InChI=1S/C26H32N2O3S/c1-2-31-20-13-11-18(12-14-20)26-23-10-6-9-22(23)24-17-21(15-16-25(24)27-26)32(29,30)28-19-7-4-3-5-8-19/h6,9,11-17,19,22-23,26-28H,2-5,7-8,10H2,1H3. The van der Waals surface area contributed by atoms with E-state index < -0.39 is 10.0 Å². The van der Waals surface area contributed by atoms with E-state index in [9.17, 15) is 8.42 Å². The van der Waals surface area contributed by atoms with Crippen LogP contribution in [0.3, 0.4) is 0 Å². The third-order valence-electron chi connectivity index (χ3n) is 7.12. The zero-order chi connectivity index (χ0) is 22.1. The lowest BCUT2D eigenvalue weighted by molar-refractivity contribution is 0.340. The maximum absolute atomic E-state index is 13.1. The summed E-state index contributed by atoms with van der Waals surface area (Å²) in [7, 11) is -3.51. The first-order valence-electron chi connectivity index (χ1n) is 11.9. The molecule has 3 unspecified atom stereocenters. The monoisotopic (exact) mass is 452 g/mol. The van der Waals surface area contributed by atoms with Gasteiger partial charge in [-0.15, -0.1) is 0 Å². The van der Waals surface area contributed by atoms with E-state index in [4.69, 9.17) is 4.74 Å². The summed E-state index contributed by atoms with van der Waals surface area (Å²) in [5.41, 5.74) is 3.33. The predicted octanol–water partition coefficient (Wildman–Crippen LogP) is 5.52. The Balaban J connectivity index is 1.41. The van der Waals surface area contributed by atoms with Crippen LogP contribution in [0.5, 0.6) is 5.75 Å². The second-order valence-electron chi connectivity index (χ2n) is 9.18. The Hall–Kier alpha value is -2.31. The minimum Gasteiger partial charge on any atom is -0.494 e. The number of rotatable bonds is 6. The lowest BCUT2D eigenvalue weighted by atomic mass is 9.77. The molecule has 0 spiro atoms. The minimum absolute atomic E-state index is 0.0612. The summed E-state index contributed by atoms with van der Waals surface area (Å²) in [5, 5.41) is 3.70. The SMILES string of the molecule is CCOc1ccc(C2Nc3ccc(S(=O)(=O)NC4CCCCC4)cc3C3C=CCC32)cc1. The van der Waals surface area contributed by atoms with E-state index in [1.54, 1.807) is 6.07 Å². The first kappa shape index (κ1) is 21.5. The third kappa shape index (κ3) is 4.18. The van der Waals surface area contributed by atoms with Crippen molar-refractivity contribution in [1.29, 1.82) is 0 Å². The molecule has 3 aliphatic rings. The number of hydrogen-bond donors (Lipinski definition) is 2. The molecule has 1 heterocycles. The molecule has 2 N–H and O–H groups in total. The number of hydrogen-bond acceptors (Lipinski definition) is 4. The fourth-order valence-corrected chi connectivity index (χ4v) is 6.86. The largest absolute Gasteiger partial charge is 0.494 e. The molecule has 3 atom stereocenters. The topological polar surface area (TPSA) is 67.4 Å². The average molecular weight is 453 g/mol. The summed E-state index contributed by atoms with van der Waals surface area (Å²) in [6.45, 7) is 2.64. The number of benzene rings is 2. The van der Waals surface area contributed by atoms with Crippen LogP contribution in [0, 0.1) is 5.92 Å². The van der Waals surface area contributed by atoms with Gasteiger partial charge in [0.1, 0.15) is 5.75 Å². The van der Waals surface area contributed by atoms with Crippen molar-refractivity contribution in [3.05, 3.63) is 65.7 Å². The highest BCUT2D eigenvalue weighted by molar-refractivity contribution is 7.89. The van der Waals surface area contributed by atoms with Crippen LogP contribution in [0.4, 0.5) is 5.69 Å². The van der Waals surface area contributed by atoms with E-state index in [-0.39, 0.29) is 18.0 Å². The molecule has 0 aromatic heterocycles. The van der Waals surface area contributed by atoms with Gasteiger partial charge in [0, 0.05) is 17.6 Å². The first-order valence-corrected chi connectivity index (χ1v) is 13.4. The van der Waals surface area contributed by atoms with Crippen LogP contribution in [-0.4, -0.2) is 21.1 Å². The highest BCUT2D eigenvalue weighted by atomic mass is 32.2. The first-order chi connectivity index (χ1) is 15.5. The van der Waals surface area contributed by atoms with Crippen molar-refractivity contribution in [2.24, 2.45) is 5.92 Å². The summed E-state index contributed by atoms with van der Waals surface area (Å²) in [6.07, 6.45) is 10.7. The zero-order valence-corrected chi connectivity index (χ0v) is 19.4. The maximum atomic E-state index is 13.1. The molecule has 2 aromatic rings. The minimum atomic E-state index is -3.51. The number of allylic oxidation sites excluding steroid dienone is 2. The lowest BCUT2D eigenvalue weighted by Gasteiger charge is -2.37. The van der Waals surface area contributed by atoms with Crippen LogP contribution in [0.25, 0.3) is 0 Å². The highest BCUT2D eigenvalue weighted by Gasteiger charge is 2.38. The average Bonchev–Trinajstić information content (AvgIpc) is 3.30. The van der Waals surface area contributed by atoms with Crippen molar-refractivity contribution < 1.29 is 13.2 Å². The Morgan fingerprint density at radius 1 is 1.06 bits per heavy atom. The van der Waals surface area contributed by atoms with Crippen molar-refractivity contribution >= 4 is 15.7 Å². The molecule has 1 saturated carbocycles. The van der Waals surface area contributed by atoms with Gasteiger partial charge in [0.05, 0.1) is 17.5 Å². The number of fused-ring (bicyclic) bond motifs is 3. The number of nitrogens with one attached hydrogen (secondary N) is 2. The molecule has 32 heavy (non-hydrogen) atoms. The normalized spacial score (nSPS) is 25.1. The molecule has 0 saturated heterocycles. The third-order valence-corrected chi connectivity index (χ3v) is 8.64. The van der Waals surface area contributed by atoms with Gasteiger partial charge in [0.15, 0.2) is 0 Å². The van der Waals surface area contributed by atoms with Crippen LogP contribution in [0.2, 0.25) is 0 Å². The smallest absolute Gasteiger partial charge is 0.240 e. The molecular formula is C26H32N2O3S. The fraction of sp³-hybridized carbons (Fsp3) is 0.462. The molecule has 0 amide bonds. The molecule has 2 aliphatic carbocycles. The Kier molecular flexibility index (Phi) is 5.99. The Labute approximate surface area is 191 Å². The van der Waals surface area contributed by atoms with Crippen LogP contribution in [0.15, 0.2) is 59.5 Å². The van der Waals surface area contributed by atoms with Crippen molar-refractivity contribution in [1.82, 2.24) is 4.72 Å². The molecule has 170 valence electrons. The molecule has 0 bridgehead atoms. The Morgan fingerprint density at radius 2 is 1.84 bits per heavy atom. The quantitative estimate of drug-likeness (QED) is 0.566. The van der Waals surface area contributed by atoms with Crippen LogP contribution in [0.1, 0.15) is 68.5 Å². The molecule has 2 aromatic carbocycles. The van der Waals surface area contributed by atoms with Gasteiger partial charge in [-0.05, 0) is 73.6 Å². The molecule has 0 radical (unpaired) electrons. The van der Waals surface area contributed by atoms with E-state index in [1.165, 1.54) is 12.0 Å². The van der Waals surface area contributed by atoms with Crippen LogP contribution in [-0.2, 0) is 10.0 Å². The van der Waals surface area contributed by atoms with Crippen LogP contribution >= 0.6 is 0 Å². The predicted molar refractivity (Wildman–Crippen MR) is 128 cm³/mol. The number of anilines is 1. The van der Waals surface area contributed by atoms with Gasteiger partial charge in [-0.25, -0.2) is 13.1 Å². The van der Waals surface area contributed by atoms with Crippen molar-refractivity contribution in [3.63, 3.8) is 0 Å². The second kappa shape index (κ2) is 8.91. The zero-order valence-electron chi connectivity index (χ0n) is 18.6. The van der Waals surface area contributed by atoms with Gasteiger partial charge in [0.25, 0.3) is 0 Å². The van der Waals surface area contributed by atoms with Gasteiger partial charge >= 0.3 is 0 Å². The Bertz CT molecular complexity index is 1090. The number of sulfonamides is 1. The molecular weight excluding hydrogens is 420 g/mol. The van der Waals surface area contributed by atoms with Crippen LogP contribution < -0.4 is 14.8 Å². The van der Waals surface area contributed by atoms with E-state index in [0.29, 0.717) is 17.4 Å². The van der Waals surface area contributed by atoms with Gasteiger partial charge in [-0.1, -0.05) is 43.5 Å². The van der Waals surface area contributed by atoms with Gasteiger partial charge in [-0.3, -0.25) is 0 Å². The van der Waals surface area contributed by atoms with Gasteiger partial charge < -0.3 is 10.1 Å². The lowest BCUT2D eigenvalue weighted by Crippen LogP contribution is -2.36. The summed E-state index contributed by atoms with van der Waals surface area (Å²) in [4.78, 5) is 0.377. The molecule has 6 heteroatoms. The van der Waals surface area contributed by atoms with E-state index in [0.717, 1.165) is 49.1 Å². The van der Waals surface area contributed by atoms with E-state index in [1.807, 2.05) is 31.2 Å². The van der Waals surface area contributed by atoms with E-state index in [2.05, 4.69) is 34.3 Å². The molecule has 5 nitrogen and oxygen atoms in total. The van der Waals surface area contributed by atoms with Crippen molar-refractivity contribution in [3.8, 4) is 5.75 Å². The van der Waals surface area contributed by atoms with E-state index >= 15 is 0 Å². The second-order valence-corrected chi connectivity index (χ2v) is 10.9. The van der Waals surface area contributed by atoms with Gasteiger partial charge in [-0.2, -0.15) is 0 Å². The van der Waals surface area contributed by atoms with Gasteiger partial charge in [0.2, 0.25) is 10.0 Å². The fourth-order valence-electron chi connectivity index (χ4n) is 5.52. The molecule has 1 fully saturated rings. The molecule has 1 aliphatic heterocycles. The van der Waals surface area contributed by atoms with Crippen molar-refractivity contribution in [2.45, 2.75) is 68.3 Å². The maximum Gasteiger partial charge on any atom is 0.240 e. The number of ether oxygens (including phenoxy) is 1. The summed E-state index contributed by atoms with van der Waals surface area (Å²) in [5.74, 6) is 1.46. The summed E-state index contributed by atoms with van der Waals surface area (Å²) < 4.78 is 34.7. The molecule has 5 rings (SSSR count). The summed E-state index contributed by atoms with van der Waals surface area (Å²) in [6, 6.07) is 14.1. The van der Waals surface area contributed by atoms with Crippen molar-refractivity contribution in [2.75, 3.05) is 11.9 Å². The Morgan fingerprint density at radius 3 is 2.59 bits per heavy atom. The summed E-state index contributed by atoms with van der Waals surface area (Å²) >= 11 is 0. The highest BCUT2D eigenvalue weighted by Crippen LogP contribution is 2.50.